The molecule has 0 aliphatic rings. The zero-order valence-corrected chi connectivity index (χ0v) is 8.12. The number of hydrogen-bond acceptors (Lipinski definition) is 3. The Balaban J connectivity index is 2.14. The Labute approximate surface area is 81.2 Å². The van der Waals surface area contributed by atoms with Gasteiger partial charge in [0.15, 0.2) is 0 Å². The van der Waals surface area contributed by atoms with E-state index in [1.165, 1.54) is 11.3 Å². The lowest BCUT2D eigenvalue weighted by Crippen LogP contribution is -2.15. The molecule has 70 valence electrons. The minimum absolute atomic E-state index is 0.000393. The molecule has 0 saturated carbocycles. The molecule has 4 heteroatoms. The summed E-state index contributed by atoms with van der Waals surface area (Å²) in [6, 6.07) is 0. The Morgan fingerprint density at radius 1 is 1.69 bits per heavy atom. The summed E-state index contributed by atoms with van der Waals surface area (Å²) in [6.07, 6.45) is 6.88. The van der Waals surface area contributed by atoms with E-state index in [2.05, 4.69) is 16.2 Å². The van der Waals surface area contributed by atoms with Gasteiger partial charge in [0.25, 0.3) is 0 Å². The summed E-state index contributed by atoms with van der Waals surface area (Å²) in [5.74, 6) is 2.57. The molecule has 0 saturated heterocycles. The molecule has 0 aromatic carbocycles. The van der Waals surface area contributed by atoms with Crippen LogP contribution in [0.15, 0.2) is 10.2 Å². The van der Waals surface area contributed by atoms with E-state index in [1.807, 2.05) is 5.38 Å². The van der Waals surface area contributed by atoms with Crippen molar-refractivity contribution in [1.82, 2.24) is 10.3 Å². The van der Waals surface area contributed by atoms with Crippen LogP contribution in [-0.2, 0) is 6.54 Å². The zero-order valence-electron chi connectivity index (χ0n) is 7.30. The second-order valence-electron chi connectivity index (χ2n) is 2.66. The Bertz CT molecular complexity index is 334. The number of thiazole rings is 1. The van der Waals surface area contributed by atoms with Crippen molar-refractivity contribution in [2.75, 3.05) is 6.54 Å². The predicted molar refractivity (Wildman–Crippen MR) is 54.7 cm³/mol. The van der Waals surface area contributed by atoms with E-state index < -0.39 is 0 Å². The lowest BCUT2D eigenvalue weighted by molar-refractivity contribution is 0.651. The lowest BCUT2D eigenvalue weighted by atomic mass is 10.3. The number of aromatic amines is 1. The zero-order chi connectivity index (χ0) is 9.52. The van der Waals surface area contributed by atoms with Crippen molar-refractivity contribution in [3.8, 4) is 12.3 Å². The van der Waals surface area contributed by atoms with Gasteiger partial charge < -0.3 is 10.3 Å². The fraction of sp³-hybridized carbons (Fsp3) is 0.444. The van der Waals surface area contributed by atoms with Crippen LogP contribution >= 0.6 is 11.3 Å². The van der Waals surface area contributed by atoms with Gasteiger partial charge in [0.2, 0.25) is 0 Å². The van der Waals surface area contributed by atoms with Crippen LogP contribution in [0.25, 0.3) is 0 Å². The number of unbranched alkanes of at least 4 members (excludes halogenated alkanes) is 1. The maximum Gasteiger partial charge on any atom is 0.304 e. The average Bonchev–Trinajstić information content (AvgIpc) is 2.51. The summed E-state index contributed by atoms with van der Waals surface area (Å²) in [4.78, 5) is 13.5. The standard InChI is InChI=1S/C9H12N2OS/c1-2-3-4-5-10-6-8-7-13-9(12)11-8/h1,7,10H,3-6H2,(H,11,12). The van der Waals surface area contributed by atoms with Crippen LogP contribution in [0.1, 0.15) is 18.5 Å². The van der Waals surface area contributed by atoms with Crippen molar-refractivity contribution in [3.05, 3.63) is 20.7 Å². The molecule has 0 amide bonds. The third kappa shape index (κ3) is 3.92. The smallest absolute Gasteiger partial charge is 0.304 e. The summed E-state index contributed by atoms with van der Waals surface area (Å²) < 4.78 is 0. The molecule has 1 aromatic heterocycles. The molecule has 3 nitrogen and oxygen atoms in total. The number of aromatic nitrogens is 1. The molecule has 0 aliphatic carbocycles. The molecule has 0 fully saturated rings. The summed E-state index contributed by atoms with van der Waals surface area (Å²) in [7, 11) is 0. The first-order valence-electron chi connectivity index (χ1n) is 4.14. The molecule has 1 heterocycles. The van der Waals surface area contributed by atoms with Crippen LogP contribution < -0.4 is 10.2 Å². The van der Waals surface area contributed by atoms with E-state index in [0.717, 1.165) is 25.1 Å². The Kier molecular flexibility index (Phi) is 4.30. The molecule has 1 aromatic rings. The minimum Gasteiger partial charge on any atom is -0.315 e. The van der Waals surface area contributed by atoms with Crippen molar-refractivity contribution in [2.45, 2.75) is 19.4 Å². The van der Waals surface area contributed by atoms with E-state index in [0.29, 0.717) is 6.54 Å². The number of H-pyrrole nitrogens is 1. The van der Waals surface area contributed by atoms with Crippen LogP contribution in [0.3, 0.4) is 0 Å². The van der Waals surface area contributed by atoms with Gasteiger partial charge in [0, 0.05) is 24.0 Å². The van der Waals surface area contributed by atoms with Crippen LogP contribution in [0.4, 0.5) is 0 Å². The number of nitrogens with one attached hydrogen (secondary N) is 2. The molecule has 0 spiro atoms. The quantitative estimate of drug-likeness (QED) is 0.544. The van der Waals surface area contributed by atoms with Crippen molar-refractivity contribution in [3.63, 3.8) is 0 Å². The molecule has 0 unspecified atom stereocenters. The van der Waals surface area contributed by atoms with Gasteiger partial charge in [-0.15, -0.1) is 12.3 Å². The molecule has 0 bridgehead atoms. The average molecular weight is 196 g/mol. The normalized spacial score (nSPS) is 9.77. The topological polar surface area (TPSA) is 44.9 Å². The van der Waals surface area contributed by atoms with Crippen molar-refractivity contribution in [1.29, 1.82) is 0 Å². The van der Waals surface area contributed by atoms with Crippen LogP contribution in [-0.4, -0.2) is 11.5 Å². The second-order valence-corrected chi connectivity index (χ2v) is 3.50. The van der Waals surface area contributed by atoms with E-state index in [9.17, 15) is 4.79 Å². The number of hydrogen-bond donors (Lipinski definition) is 2. The highest BCUT2D eigenvalue weighted by molar-refractivity contribution is 7.07. The molecular formula is C9H12N2OS. The first-order valence-corrected chi connectivity index (χ1v) is 5.02. The molecule has 13 heavy (non-hydrogen) atoms. The van der Waals surface area contributed by atoms with Crippen LogP contribution in [0, 0.1) is 12.3 Å². The Hall–Kier alpha value is -1.05. The maximum atomic E-state index is 10.7. The van der Waals surface area contributed by atoms with E-state index >= 15 is 0 Å². The summed E-state index contributed by atoms with van der Waals surface area (Å²) in [5.41, 5.74) is 0.940. The van der Waals surface area contributed by atoms with E-state index in [-0.39, 0.29) is 4.87 Å². The molecule has 0 atom stereocenters. The van der Waals surface area contributed by atoms with Gasteiger partial charge in [0.05, 0.1) is 0 Å². The predicted octanol–water partition coefficient (Wildman–Crippen LogP) is 0.939. The minimum atomic E-state index is 0.000393. The van der Waals surface area contributed by atoms with Gasteiger partial charge in [-0.1, -0.05) is 11.3 Å². The fourth-order valence-corrected chi connectivity index (χ4v) is 1.52. The molecule has 1 rings (SSSR count). The SMILES string of the molecule is C#CCCCNCc1csc(=O)[nH]1. The second kappa shape index (κ2) is 5.57. The van der Waals surface area contributed by atoms with Crippen LogP contribution in [0.2, 0.25) is 0 Å². The highest BCUT2D eigenvalue weighted by Crippen LogP contribution is 1.94. The largest absolute Gasteiger partial charge is 0.315 e. The first-order chi connectivity index (χ1) is 6.33. The summed E-state index contributed by atoms with van der Waals surface area (Å²) in [6.45, 7) is 1.60. The van der Waals surface area contributed by atoms with E-state index in [1.54, 1.807) is 0 Å². The number of rotatable bonds is 5. The van der Waals surface area contributed by atoms with Crippen molar-refractivity contribution >= 4 is 11.3 Å². The highest BCUT2D eigenvalue weighted by atomic mass is 32.1. The third-order valence-electron chi connectivity index (χ3n) is 1.56. The third-order valence-corrected chi connectivity index (χ3v) is 2.28. The van der Waals surface area contributed by atoms with Gasteiger partial charge in [-0.3, -0.25) is 4.79 Å². The first kappa shape index (κ1) is 10.0. The monoisotopic (exact) mass is 196 g/mol. The molecule has 0 radical (unpaired) electrons. The molecular weight excluding hydrogens is 184 g/mol. The van der Waals surface area contributed by atoms with Crippen molar-refractivity contribution < 1.29 is 0 Å². The lowest BCUT2D eigenvalue weighted by Gasteiger charge is -1.99. The van der Waals surface area contributed by atoms with Gasteiger partial charge in [-0.05, 0) is 13.0 Å². The Morgan fingerprint density at radius 3 is 3.15 bits per heavy atom. The van der Waals surface area contributed by atoms with Gasteiger partial charge in [-0.25, -0.2) is 0 Å². The highest BCUT2D eigenvalue weighted by Gasteiger charge is 1.94. The fourth-order valence-electron chi connectivity index (χ4n) is 0.939. The summed E-state index contributed by atoms with van der Waals surface area (Å²) >= 11 is 1.19. The number of terminal acetylenes is 1. The van der Waals surface area contributed by atoms with Crippen molar-refractivity contribution in [2.24, 2.45) is 0 Å². The van der Waals surface area contributed by atoms with Gasteiger partial charge >= 0.3 is 4.87 Å². The van der Waals surface area contributed by atoms with Gasteiger partial charge in [-0.2, -0.15) is 0 Å². The molecule has 2 N–H and O–H groups in total. The molecule has 0 aliphatic heterocycles. The van der Waals surface area contributed by atoms with Gasteiger partial charge in [0.1, 0.15) is 0 Å². The van der Waals surface area contributed by atoms with E-state index in [4.69, 9.17) is 6.42 Å². The Morgan fingerprint density at radius 2 is 2.54 bits per heavy atom. The maximum absolute atomic E-state index is 10.7. The summed E-state index contributed by atoms with van der Waals surface area (Å²) in [5, 5.41) is 5.02. The van der Waals surface area contributed by atoms with Crippen LogP contribution in [0.5, 0.6) is 0 Å².